The number of H-pyrrole nitrogens is 1. The van der Waals surface area contributed by atoms with Gasteiger partial charge < -0.3 is 5.32 Å². The van der Waals surface area contributed by atoms with Crippen LogP contribution in [0.2, 0.25) is 0 Å². The Bertz CT molecular complexity index is 742. The third kappa shape index (κ3) is 2.71. The molecule has 2 N–H and O–H groups in total. The predicted molar refractivity (Wildman–Crippen MR) is 69.0 cm³/mol. The van der Waals surface area contributed by atoms with E-state index in [0.29, 0.717) is 23.4 Å². The molecule has 0 unspecified atom stereocenters. The maximum Gasteiger partial charge on any atom is 0.285 e. The van der Waals surface area contributed by atoms with Gasteiger partial charge in [0.25, 0.3) is 11.6 Å². The van der Waals surface area contributed by atoms with Crippen LogP contribution in [0.4, 0.5) is 20.3 Å². The summed E-state index contributed by atoms with van der Waals surface area (Å²) in [4.78, 5) is 21.9. The lowest BCUT2D eigenvalue weighted by atomic mass is 10.1. The molecule has 0 saturated carbocycles. The molecule has 0 radical (unpaired) electrons. The van der Waals surface area contributed by atoms with Crippen molar-refractivity contribution in [2.24, 2.45) is 0 Å². The van der Waals surface area contributed by atoms with Crippen LogP contribution in [-0.4, -0.2) is 21.0 Å². The summed E-state index contributed by atoms with van der Waals surface area (Å²) in [5.41, 5.74) is -0.0751. The second-order valence-electron chi connectivity index (χ2n) is 4.32. The molecule has 0 saturated heterocycles. The molecule has 0 aliphatic rings. The molecule has 21 heavy (non-hydrogen) atoms. The molecule has 1 aromatic heterocycles. The quantitative estimate of drug-likeness (QED) is 0.671. The minimum atomic E-state index is -1.40. The molecular formula is C12H10F2N4O3. The zero-order chi connectivity index (χ0) is 15.7. The first-order valence-corrected chi connectivity index (χ1v) is 5.77. The Balaban J connectivity index is 2.41. The van der Waals surface area contributed by atoms with Gasteiger partial charge in [-0.3, -0.25) is 20.0 Å². The van der Waals surface area contributed by atoms with Crippen molar-refractivity contribution in [2.45, 2.75) is 13.8 Å². The van der Waals surface area contributed by atoms with E-state index >= 15 is 0 Å². The number of carbonyl (C=O) groups is 1. The molecule has 1 heterocycles. The van der Waals surface area contributed by atoms with Gasteiger partial charge in [0.15, 0.2) is 17.5 Å². The second-order valence-corrected chi connectivity index (χ2v) is 4.32. The number of nitro benzene ring substituents is 1. The van der Waals surface area contributed by atoms with E-state index in [0.717, 1.165) is 0 Å². The number of halogens is 2. The summed E-state index contributed by atoms with van der Waals surface area (Å²) >= 11 is 0. The Kier molecular flexibility index (Phi) is 3.66. The number of carbonyl (C=O) groups excluding carboxylic acids is 1. The number of amides is 1. The van der Waals surface area contributed by atoms with E-state index < -0.39 is 33.7 Å². The minimum Gasteiger partial charge on any atom is -0.305 e. The van der Waals surface area contributed by atoms with Crippen LogP contribution in [0.1, 0.15) is 21.6 Å². The van der Waals surface area contributed by atoms with Crippen molar-refractivity contribution in [3.8, 4) is 0 Å². The summed E-state index contributed by atoms with van der Waals surface area (Å²) in [5, 5.41) is 19.6. The van der Waals surface area contributed by atoms with Gasteiger partial charge in [-0.25, -0.2) is 8.78 Å². The largest absolute Gasteiger partial charge is 0.305 e. The molecule has 0 atom stereocenters. The molecule has 9 heteroatoms. The molecular weight excluding hydrogens is 286 g/mol. The number of hydrogen-bond acceptors (Lipinski definition) is 4. The van der Waals surface area contributed by atoms with Crippen LogP contribution in [0.3, 0.4) is 0 Å². The first kappa shape index (κ1) is 14.6. The fourth-order valence-electron chi connectivity index (χ4n) is 1.65. The lowest BCUT2D eigenvalue weighted by Gasteiger charge is -2.05. The standard InChI is InChI=1S/C12H10F2N4O3/c1-5-6(2)16-17-11(5)15-12(19)7-3-8(13)9(14)4-10(7)18(20)21/h3-4H,1-2H3,(H2,15,16,17,19). The average molecular weight is 296 g/mol. The molecule has 110 valence electrons. The van der Waals surface area contributed by atoms with Crippen molar-refractivity contribution >= 4 is 17.4 Å². The monoisotopic (exact) mass is 296 g/mol. The summed E-state index contributed by atoms with van der Waals surface area (Å²) < 4.78 is 26.3. The van der Waals surface area contributed by atoms with E-state index in [9.17, 15) is 23.7 Å². The maximum absolute atomic E-state index is 13.2. The number of nitro groups is 1. The Labute approximate surface area is 117 Å². The van der Waals surface area contributed by atoms with E-state index in [-0.39, 0.29) is 5.82 Å². The number of rotatable bonds is 3. The molecule has 2 aromatic rings. The van der Waals surface area contributed by atoms with Crippen LogP contribution in [-0.2, 0) is 0 Å². The molecule has 0 bridgehead atoms. The summed E-state index contributed by atoms with van der Waals surface area (Å²) in [6.45, 7) is 3.39. The number of aromatic nitrogens is 2. The van der Waals surface area contributed by atoms with Crippen molar-refractivity contribution in [2.75, 3.05) is 5.32 Å². The van der Waals surface area contributed by atoms with Gasteiger partial charge in [0, 0.05) is 11.3 Å². The highest BCUT2D eigenvalue weighted by Gasteiger charge is 2.24. The predicted octanol–water partition coefficient (Wildman–Crippen LogP) is 2.47. The molecule has 1 aromatic carbocycles. The topological polar surface area (TPSA) is 101 Å². The van der Waals surface area contributed by atoms with Gasteiger partial charge in [-0.1, -0.05) is 0 Å². The number of benzene rings is 1. The van der Waals surface area contributed by atoms with Crippen LogP contribution < -0.4 is 5.32 Å². The molecule has 0 aliphatic carbocycles. The van der Waals surface area contributed by atoms with Crippen molar-refractivity contribution < 1.29 is 18.5 Å². The van der Waals surface area contributed by atoms with Crippen molar-refractivity contribution in [3.63, 3.8) is 0 Å². The Hall–Kier alpha value is -2.84. The van der Waals surface area contributed by atoms with Crippen molar-refractivity contribution in [1.82, 2.24) is 10.2 Å². The Morgan fingerprint density at radius 2 is 1.95 bits per heavy atom. The zero-order valence-corrected chi connectivity index (χ0v) is 11.0. The summed E-state index contributed by atoms with van der Waals surface area (Å²) in [7, 11) is 0. The average Bonchev–Trinajstić information content (AvgIpc) is 2.73. The van der Waals surface area contributed by atoms with Crippen LogP contribution in [0.5, 0.6) is 0 Å². The smallest absolute Gasteiger partial charge is 0.285 e. The van der Waals surface area contributed by atoms with E-state index in [1.165, 1.54) is 0 Å². The fraction of sp³-hybridized carbons (Fsp3) is 0.167. The Morgan fingerprint density at radius 1 is 1.33 bits per heavy atom. The summed E-state index contributed by atoms with van der Waals surface area (Å²) in [6.07, 6.45) is 0. The highest BCUT2D eigenvalue weighted by Crippen LogP contribution is 2.24. The maximum atomic E-state index is 13.2. The van der Waals surface area contributed by atoms with Gasteiger partial charge in [0.2, 0.25) is 0 Å². The number of nitrogens with zero attached hydrogens (tertiary/aromatic N) is 2. The van der Waals surface area contributed by atoms with E-state index in [1.54, 1.807) is 13.8 Å². The normalized spacial score (nSPS) is 10.5. The highest BCUT2D eigenvalue weighted by molar-refractivity contribution is 6.06. The van der Waals surface area contributed by atoms with Gasteiger partial charge >= 0.3 is 0 Å². The van der Waals surface area contributed by atoms with E-state index in [2.05, 4.69) is 15.5 Å². The number of aryl methyl sites for hydroxylation is 1. The van der Waals surface area contributed by atoms with Crippen LogP contribution in [0.15, 0.2) is 12.1 Å². The van der Waals surface area contributed by atoms with E-state index in [1.807, 2.05) is 0 Å². The summed E-state index contributed by atoms with van der Waals surface area (Å²) in [6, 6.07) is 0.852. The highest BCUT2D eigenvalue weighted by atomic mass is 19.2. The lowest BCUT2D eigenvalue weighted by molar-refractivity contribution is -0.385. The number of nitrogens with one attached hydrogen (secondary N) is 2. The van der Waals surface area contributed by atoms with Crippen LogP contribution >= 0.6 is 0 Å². The molecule has 7 nitrogen and oxygen atoms in total. The van der Waals surface area contributed by atoms with Crippen LogP contribution in [0, 0.1) is 35.6 Å². The fourth-order valence-corrected chi connectivity index (χ4v) is 1.65. The van der Waals surface area contributed by atoms with Crippen LogP contribution in [0.25, 0.3) is 0 Å². The van der Waals surface area contributed by atoms with Gasteiger partial charge in [-0.2, -0.15) is 5.10 Å². The van der Waals surface area contributed by atoms with Crippen molar-refractivity contribution in [3.05, 3.63) is 50.7 Å². The number of anilines is 1. The SMILES string of the molecule is Cc1[nH]nc(NC(=O)c2cc(F)c(F)cc2[N+](=O)[O-])c1C. The molecule has 2 rings (SSSR count). The first-order chi connectivity index (χ1) is 9.81. The van der Waals surface area contributed by atoms with Gasteiger partial charge in [-0.05, 0) is 19.9 Å². The third-order valence-electron chi connectivity index (χ3n) is 2.96. The lowest BCUT2D eigenvalue weighted by Crippen LogP contribution is -2.15. The minimum absolute atomic E-state index is 0.163. The second kappa shape index (κ2) is 5.27. The zero-order valence-electron chi connectivity index (χ0n) is 11.0. The number of aromatic amines is 1. The molecule has 0 aliphatic heterocycles. The van der Waals surface area contributed by atoms with Crippen molar-refractivity contribution in [1.29, 1.82) is 0 Å². The number of hydrogen-bond donors (Lipinski definition) is 2. The first-order valence-electron chi connectivity index (χ1n) is 5.77. The van der Waals surface area contributed by atoms with E-state index in [4.69, 9.17) is 0 Å². The summed E-state index contributed by atoms with van der Waals surface area (Å²) in [5.74, 6) is -3.53. The molecule has 0 spiro atoms. The molecule has 0 fully saturated rings. The van der Waals surface area contributed by atoms with Gasteiger partial charge in [-0.15, -0.1) is 0 Å². The van der Waals surface area contributed by atoms with Gasteiger partial charge in [0.05, 0.1) is 11.0 Å². The Morgan fingerprint density at radius 3 is 2.48 bits per heavy atom. The molecule has 1 amide bonds. The van der Waals surface area contributed by atoms with Gasteiger partial charge in [0.1, 0.15) is 5.56 Å². The third-order valence-corrected chi connectivity index (χ3v) is 2.96.